The Labute approximate surface area is 168 Å². The van der Waals surface area contributed by atoms with Crippen molar-refractivity contribution in [3.05, 3.63) is 23.7 Å². The second kappa shape index (κ2) is 14.0. The molecule has 1 aromatic rings. The number of aliphatic imine (C=N–C) groups is 1. The lowest BCUT2D eigenvalue weighted by atomic mass is 10.0. The van der Waals surface area contributed by atoms with Crippen LogP contribution < -0.4 is 16.0 Å². The van der Waals surface area contributed by atoms with E-state index in [0.717, 1.165) is 50.4 Å². The van der Waals surface area contributed by atoms with Gasteiger partial charge in [-0.05, 0) is 32.3 Å². The van der Waals surface area contributed by atoms with E-state index in [-0.39, 0.29) is 29.9 Å². The molecular weight excluding hydrogens is 431 g/mol. The molecule has 1 aromatic heterocycles. The standard InChI is InChI=1S/C18H32N4O2.HI/c1-5-15(6-2)13-22-18(19-7-3)21-11-8-10-20-17(23)16-14(4)9-12-24-16;/h9,12,15H,5-8,10-11,13H2,1-4H3,(H,20,23)(H2,19,21,22);1H. The number of aryl methyl sites for hydroxylation is 1. The lowest BCUT2D eigenvalue weighted by Gasteiger charge is -2.14. The van der Waals surface area contributed by atoms with Crippen LogP contribution >= 0.6 is 24.0 Å². The summed E-state index contributed by atoms with van der Waals surface area (Å²) >= 11 is 0. The van der Waals surface area contributed by atoms with E-state index < -0.39 is 0 Å². The van der Waals surface area contributed by atoms with Gasteiger partial charge in [-0.1, -0.05) is 26.7 Å². The van der Waals surface area contributed by atoms with Gasteiger partial charge in [-0.15, -0.1) is 24.0 Å². The molecule has 3 N–H and O–H groups in total. The number of halogens is 1. The monoisotopic (exact) mass is 464 g/mol. The molecule has 0 unspecified atom stereocenters. The molecule has 0 aliphatic rings. The minimum atomic E-state index is -0.160. The normalized spacial score (nSPS) is 11.2. The van der Waals surface area contributed by atoms with E-state index >= 15 is 0 Å². The summed E-state index contributed by atoms with van der Waals surface area (Å²) in [4.78, 5) is 16.5. The summed E-state index contributed by atoms with van der Waals surface area (Å²) in [6.45, 7) is 11.4. The number of hydrogen-bond donors (Lipinski definition) is 3. The highest BCUT2D eigenvalue weighted by Crippen LogP contribution is 2.08. The van der Waals surface area contributed by atoms with Gasteiger partial charge in [0.1, 0.15) is 0 Å². The molecule has 6 nitrogen and oxygen atoms in total. The predicted molar refractivity (Wildman–Crippen MR) is 114 cm³/mol. The van der Waals surface area contributed by atoms with Gasteiger partial charge in [0.2, 0.25) is 0 Å². The molecule has 0 aliphatic heterocycles. The third-order valence-corrected chi connectivity index (χ3v) is 4.01. The van der Waals surface area contributed by atoms with E-state index in [2.05, 4.69) is 41.7 Å². The van der Waals surface area contributed by atoms with Gasteiger partial charge < -0.3 is 20.4 Å². The molecule has 0 fully saturated rings. The first-order valence-electron chi connectivity index (χ1n) is 8.96. The number of amides is 1. The lowest BCUT2D eigenvalue weighted by molar-refractivity contribution is 0.0925. The van der Waals surface area contributed by atoms with Crippen molar-refractivity contribution in [2.75, 3.05) is 26.2 Å². The predicted octanol–water partition coefficient (Wildman–Crippen LogP) is 3.32. The third-order valence-electron chi connectivity index (χ3n) is 4.01. The molecular formula is C18H33IN4O2. The minimum absolute atomic E-state index is 0. The Morgan fingerprint density at radius 2 is 1.84 bits per heavy atom. The second-order valence-electron chi connectivity index (χ2n) is 5.87. The topological polar surface area (TPSA) is 78.7 Å². The van der Waals surface area contributed by atoms with Crippen molar-refractivity contribution in [3.63, 3.8) is 0 Å². The van der Waals surface area contributed by atoms with Gasteiger partial charge in [0, 0.05) is 31.7 Å². The van der Waals surface area contributed by atoms with E-state index in [1.807, 2.05) is 6.92 Å². The number of carbonyl (C=O) groups excluding carboxylic acids is 1. The van der Waals surface area contributed by atoms with Crippen molar-refractivity contribution < 1.29 is 9.21 Å². The Morgan fingerprint density at radius 3 is 2.40 bits per heavy atom. The highest BCUT2D eigenvalue weighted by Gasteiger charge is 2.11. The average molecular weight is 464 g/mol. The zero-order valence-electron chi connectivity index (χ0n) is 15.9. The Kier molecular flexibility index (Phi) is 13.3. The Bertz CT molecular complexity index is 513. The van der Waals surface area contributed by atoms with Crippen molar-refractivity contribution in [1.29, 1.82) is 0 Å². The minimum Gasteiger partial charge on any atom is -0.459 e. The van der Waals surface area contributed by atoms with Crippen molar-refractivity contribution in [2.45, 2.75) is 47.0 Å². The fourth-order valence-corrected chi connectivity index (χ4v) is 2.29. The maximum absolute atomic E-state index is 11.9. The molecule has 1 rings (SSSR count). The van der Waals surface area contributed by atoms with Crippen molar-refractivity contribution >= 4 is 35.8 Å². The van der Waals surface area contributed by atoms with E-state index in [4.69, 9.17) is 4.42 Å². The smallest absolute Gasteiger partial charge is 0.287 e. The average Bonchev–Trinajstić information content (AvgIpc) is 3.01. The molecule has 1 amide bonds. The molecule has 25 heavy (non-hydrogen) atoms. The van der Waals surface area contributed by atoms with E-state index in [1.54, 1.807) is 6.07 Å². The summed E-state index contributed by atoms with van der Waals surface area (Å²) in [5.41, 5.74) is 0.855. The molecule has 0 bridgehead atoms. The summed E-state index contributed by atoms with van der Waals surface area (Å²) in [6, 6.07) is 1.79. The van der Waals surface area contributed by atoms with Gasteiger partial charge in [0.25, 0.3) is 5.91 Å². The van der Waals surface area contributed by atoms with Crippen molar-refractivity contribution in [2.24, 2.45) is 10.9 Å². The summed E-state index contributed by atoms with van der Waals surface area (Å²) in [6.07, 6.45) is 4.65. The Balaban J connectivity index is 0.00000576. The first-order valence-corrected chi connectivity index (χ1v) is 8.96. The second-order valence-corrected chi connectivity index (χ2v) is 5.87. The van der Waals surface area contributed by atoms with Crippen LogP contribution in [0.1, 0.15) is 56.2 Å². The van der Waals surface area contributed by atoms with Crippen LogP contribution in [0.15, 0.2) is 21.7 Å². The number of guanidine groups is 1. The summed E-state index contributed by atoms with van der Waals surface area (Å²) in [5.74, 6) is 1.71. The molecule has 0 saturated heterocycles. The van der Waals surface area contributed by atoms with E-state index in [1.165, 1.54) is 6.26 Å². The largest absolute Gasteiger partial charge is 0.459 e. The van der Waals surface area contributed by atoms with Gasteiger partial charge in [0.15, 0.2) is 11.7 Å². The number of nitrogens with zero attached hydrogens (tertiary/aromatic N) is 1. The SMILES string of the molecule is CCNC(=NCC(CC)CC)NCCCNC(=O)c1occc1C.I. The van der Waals surface area contributed by atoms with Crippen LogP contribution in [0.3, 0.4) is 0 Å². The van der Waals surface area contributed by atoms with Gasteiger partial charge in [0.05, 0.1) is 6.26 Å². The number of rotatable bonds is 10. The van der Waals surface area contributed by atoms with Crippen LogP contribution in [0.5, 0.6) is 0 Å². The summed E-state index contributed by atoms with van der Waals surface area (Å²) in [5, 5.41) is 9.43. The van der Waals surface area contributed by atoms with Crippen molar-refractivity contribution in [1.82, 2.24) is 16.0 Å². The number of carbonyl (C=O) groups is 1. The number of nitrogens with one attached hydrogen (secondary N) is 3. The maximum Gasteiger partial charge on any atom is 0.287 e. The summed E-state index contributed by atoms with van der Waals surface area (Å²) < 4.78 is 5.17. The highest BCUT2D eigenvalue weighted by molar-refractivity contribution is 14.0. The first-order chi connectivity index (χ1) is 11.6. The van der Waals surface area contributed by atoms with Gasteiger partial charge >= 0.3 is 0 Å². The van der Waals surface area contributed by atoms with Gasteiger partial charge in [-0.2, -0.15) is 0 Å². The molecule has 0 spiro atoms. The Hall–Kier alpha value is -1.25. The molecule has 0 atom stereocenters. The molecule has 144 valence electrons. The molecule has 0 aromatic carbocycles. The first kappa shape index (κ1) is 23.8. The van der Waals surface area contributed by atoms with Crippen LogP contribution in [0.25, 0.3) is 0 Å². The molecule has 0 radical (unpaired) electrons. The quantitative estimate of drug-likeness (QED) is 0.215. The zero-order valence-corrected chi connectivity index (χ0v) is 18.2. The van der Waals surface area contributed by atoms with Crippen LogP contribution in [0, 0.1) is 12.8 Å². The zero-order chi connectivity index (χ0) is 17.8. The van der Waals surface area contributed by atoms with E-state index in [9.17, 15) is 4.79 Å². The molecule has 7 heteroatoms. The number of furan rings is 1. The van der Waals surface area contributed by atoms with Gasteiger partial charge in [-0.25, -0.2) is 0 Å². The third kappa shape index (κ3) is 9.13. The van der Waals surface area contributed by atoms with Gasteiger partial charge in [-0.3, -0.25) is 9.79 Å². The summed E-state index contributed by atoms with van der Waals surface area (Å²) in [7, 11) is 0. The molecule has 1 heterocycles. The molecule has 0 saturated carbocycles. The lowest BCUT2D eigenvalue weighted by Crippen LogP contribution is -2.39. The van der Waals surface area contributed by atoms with Crippen LogP contribution in [-0.4, -0.2) is 38.0 Å². The van der Waals surface area contributed by atoms with Crippen LogP contribution in [0.2, 0.25) is 0 Å². The Morgan fingerprint density at radius 1 is 1.16 bits per heavy atom. The number of hydrogen-bond acceptors (Lipinski definition) is 3. The fourth-order valence-electron chi connectivity index (χ4n) is 2.29. The maximum atomic E-state index is 11.9. The van der Waals surface area contributed by atoms with Crippen molar-refractivity contribution in [3.8, 4) is 0 Å². The van der Waals surface area contributed by atoms with E-state index in [0.29, 0.717) is 18.2 Å². The molecule has 0 aliphatic carbocycles. The highest BCUT2D eigenvalue weighted by atomic mass is 127. The fraction of sp³-hybridized carbons (Fsp3) is 0.667. The van der Waals surface area contributed by atoms with Crippen LogP contribution in [0.4, 0.5) is 0 Å². The van der Waals surface area contributed by atoms with Crippen LogP contribution in [-0.2, 0) is 0 Å².